The van der Waals surface area contributed by atoms with Gasteiger partial charge in [-0.1, -0.05) is 124 Å². The van der Waals surface area contributed by atoms with Gasteiger partial charge in [0.1, 0.15) is 0 Å². The van der Waals surface area contributed by atoms with Gasteiger partial charge < -0.3 is 4.43 Å². The zero-order valence-corrected chi connectivity index (χ0v) is 21.3. The fourth-order valence-electron chi connectivity index (χ4n) is 5.29. The van der Waals surface area contributed by atoms with E-state index >= 15 is 0 Å². The van der Waals surface area contributed by atoms with Crippen LogP contribution in [-0.2, 0) is 4.43 Å². The first-order chi connectivity index (χ1) is 13.7. The Bertz CT molecular complexity index is 352. The third-order valence-corrected chi connectivity index (χ3v) is 12.3. The number of hydrogen-bond acceptors (Lipinski definition) is 1. The second-order valence-corrected chi connectivity index (χ2v) is 14.2. The Morgan fingerprint density at radius 2 is 1.11 bits per heavy atom. The monoisotopic (exact) mass is 410 g/mol. The second-order valence-electron chi connectivity index (χ2n) is 9.73. The van der Waals surface area contributed by atoms with E-state index in [4.69, 9.17) is 4.43 Å². The van der Waals surface area contributed by atoms with E-state index < -0.39 is 8.32 Å². The molecule has 1 aliphatic heterocycles. The van der Waals surface area contributed by atoms with Crippen LogP contribution >= 0.6 is 0 Å². The second kappa shape index (κ2) is 15.9. The first-order valence-corrected chi connectivity index (χ1v) is 15.9. The summed E-state index contributed by atoms with van der Waals surface area (Å²) in [5.74, 6) is 0. The maximum absolute atomic E-state index is 6.96. The molecule has 0 spiro atoms. The molecule has 0 aromatic heterocycles. The molecular weight excluding hydrogens is 356 g/mol. The van der Waals surface area contributed by atoms with E-state index in [1.54, 1.807) is 0 Å². The van der Waals surface area contributed by atoms with Crippen LogP contribution in [0.4, 0.5) is 0 Å². The van der Waals surface area contributed by atoms with Gasteiger partial charge in [-0.15, -0.1) is 0 Å². The minimum Gasteiger partial charge on any atom is -0.411 e. The summed E-state index contributed by atoms with van der Waals surface area (Å²) < 4.78 is 6.96. The maximum Gasteiger partial charge on any atom is 0.193 e. The van der Waals surface area contributed by atoms with E-state index in [1.165, 1.54) is 134 Å². The average Bonchev–Trinajstić information content (AvgIpc) is 2.74. The standard InChI is InChI=1S/C26H54OSi/c1-5-9-10-11-12-13-14-15-16-17-18-19-20-21-23-26(6-2)24-22-25-28(7-3,8-4)27-26/h5-25H2,1-4H3. The molecule has 1 atom stereocenters. The molecular formula is C26H54OSi. The zero-order valence-electron chi connectivity index (χ0n) is 20.3. The topological polar surface area (TPSA) is 9.23 Å². The van der Waals surface area contributed by atoms with Crippen molar-refractivity contribution in [1.82, 2.24) is 0 Å². The minimum absolute atomic E-state index is 0.258. The van der Waals surface area contributed by atoms with Crippen molar-refractivity contribution < 1.29 is 4.43 Å². The lowest BCUT2D eigenvalue weighted by molar-refractivity contribution is 0.0166. The molecule has 0 amide bonds. The van der Waals surface area contributed by atoms with Crippen LogP contribution < -0.4 is 0 Å². The van der Waals surface area contributed by atoms with Gasteiger partial charge in [0.05, 0.1) is 5.60 Å². The largest absolute Gasteiger partial charge is 0.411 e. The van der Waals surface area contributed by atoms with Crippen molar-refractivity contribution in [2.75, 3.05) is 0 Å². The van der Waals surface area contributed by atoms with Crippen LogP contribution in [0.25, 0.3) is 0 Å². The Morgan fingerprint density at radius 1 is 0.643 bits per heavy atom. The average molecular weight is 411 g/mol. The fraction of sp³-hybridized carbons (Fsp3) is 1.00. The number of hydrogen-bond donors (Lipinski definition) is 0. The molecule has 1 unspecified atom stereocenters. The molecule has 1 saturated heterocycles. The van der Waals surface area contributed by atoms with Gasteiger partial charge in [-0.2, -0.15) is 0 Å². The van der Waals surface area contributed by atoms with E-state index in [9.17, 15) is 0 Å². The Labute approximate surface area is 179 Å². The summed E-state index contributed by atoms with van der Waals surface area (Å²) in [5, 5.41) is 0. The van der Waals surface area contributed by atoms with Gasteiger partial charge >= 0.3 is 0 Å². The molecule has 0 radical (unpaired) electrons. The molecule has 1 aliphatic rings. The third-order valence-electron chi connectivity index (χ3n) is 7.62. The predicted octanol–water partition coefficient (Wildman–Crippen LogP) is 9.80. The van der Waals surface area contributed by atoms with Gasteiger partial charge in [0.25, 0.3) is 0 Å². The summed E-state index contributed by atoms with van der Waals surface area (Å²) in [7, 11) is -1.39. The fourth-order valence-corrected chi connectivity index (χ4v) is 8.97. The van der Waals surface area contributed by atoms with Crippen LogP contribution in [0, 0.1) is 0 Å². The van der Waals surface area contributed by atoms with Crippen LogP contribution in [0.5, 0.6) is 0 Å². The smallest absolute Gasteiger partial charge is 0.193 e. The van der Waals surface area contributed by atoms with E-state index in [0.29, 0.717) is 0 Å². The van der Waals surface area contributed by atoms with Crippen molar-refractivity contribution in [3.05, 3.63) is 0 Å². The lowest BCUT2D eigenvalue weighted by Gasteiger charge is -2.47. The van der Waals surface area contributed by atoms with Crippen LogP contribution in [0.3, 0.4) is 0 Å². The molecule has 0 bridgehead atoms. The lowest BCUT2D eigenvalue weighted by atomic mass is 9.88. The molecule has 28 heavy (non-hydrogen) atoms. The lowest BCUT2D eigenvalue weighted by Crippen LogP contribution is -2.51. The van der Waals surface area contributed by atoms with Gasteiger partial charge in [0, 0.05) is 0 Å². The predicted molar refractivity (Wildman–Crippen MR) is 130 cm³/mol. The van der Waals surface area contributed by atoms with Crippen molar-refractivity contribution in [2.24, 2.45) is 0 Å². The highest BCUT2D eigenvalue weighted by Gasteiger charge is 2.43. The zero-order chi connectivity index (χ0) is 20.6. The summed E-state index contributed by atoms with van der Waals surface area (Å²) in [6.45, 7) is 9.44. The number of unbranched alkanes of at least 4 members (excludes halogenated alkanes) is 13. The van der Waals surface area contributed by atoms with Crippen molar-refractivity contribution in [3.63, 3.8) is 0 Å². The van der Waals surface area contributed by atoms with Crippen LogP contribution in [0.15, 0.2) is 0 Å². The molecule has 2 heteroatoms. The minimum atomic E-state index is -1.39. The molecule has 1 nitrogen and oxygen atoms in total. The highest BCUT2D eigenvalue weighted by molar-refractivity contribution is 6.73. The Kier molecular flexibility index (Phi) is 14.9. The van der Waals surface area contributed by atoms with Gasteiger partial charge in [-0.3, -0.25) is 0 Å². The van der Waals surface area contributed by atoms with Crippen LogP contribution in [-0.4, -0.2) is 13.9 Å². The molecule has 1 heterocycles. The third kappa shape index (κ3) is 10.3. The molecule has 0 aromatic carbocycles. The molecule has 168 valence electrons. The van der Waals surface area contributed by atoms with Gasteiger partial charge in [-0.05, 0) is 37.4 Å². The van der Waals surface area contributed by atoms with E-state index in [2.05, 4.69) is 27.7 Å². The molecule has 1 rings (SSSR count). The maximum atomic E-state index is 6.96. The Balaban J connectivity index is 2.01. The van der Waals surface area contributed by atoms with Gasteiger partial charge in [0.15, 0.2) is 8.32 Å². The Morgan fingerprint density at radius 3 is 1.54 bits per heavy atom. The van der Waals surface area contributed by atoms with Gasteiger partial charge in [0.2, 0.25) is 0 Å². The van der Waals surface area contributed by atoms with Crippen LogP contribution in [0.1, 0.15) is 143 Å². The highest BCUT2D eigenvalue weighted by Crippen LogP contribution is 2.42. The van der Waals surface area contributed by atoms with Crippen molar-refractivity contribution >= 4 is 8.32 Å². The first-order valence-electron chi connectivity index (χ1n) is 13.4. The van der Waals surface area contributed by atoms with E-state index in [-0.39, 0.29) is 5.60 Å². The van der Waals surface area contributed by atoms with Crippen molar-refractivity contribution in [1.29, 1.82) is 0 Å². The first kappa shape index (κ1) is 26.2. The number of rotatable bonds is 18. The molecule has 0 saturated carbocycles. The molecule has 1 fully saturated rings. The molecule has 0 aliphatic carbocycles. The summed E-state index contributed by atoms with van der Waals surface area (Å²) in [4.78, 5) is 0. The van der Waals surface area contributed by atoms with Crippen molar-refractivity contribution in [3.8, 4) is 0 Å². The summed E-state index contributed by atoms with van der Waals surface area (Å²) in [6, 6.07) is 4.06. The summed E-state index contributed by atoms with van der Waals surface area (Å²) >= 11 is 0. The van der Waals surface area contributed by atoms with E-state index in [1.807, 2.05) is 0 Å². The van der Waals surface area contributed by atoms with Gasteiger partial charge in [-0.25, -0.2) is 0 Å². The van der Waals surface area contributed by atoms with Crippen molar-refractivity contribution in [2.45, 2.75) is 167 Å². The Hall–Kier alpha value is 0.177. The normalized spacial score (nSPS) is 21.9. The molecule has 0 aromatic rings. The highest BCUT2D eigenvalue weighted by atomic mass is 28.4. The SMILES string of the molecule is CCCCCCCCCCCCCCCCC1(CC)CCC[Si](CC)(CC)O1. The molecule has 0 N–H and O–H groups in total. The van der Waals surface area contributed by atoms with E-state index in [0.717, 1.165) is 0 Å². The summed E-state index contributed by atoms with van der Waals surface area (Å²) in [6.07, 6.45) is 25.6. The van der Waals surface area contributed by atoms with Crippen LogP contribution in [0.2, 0.25) is 18.1 Å². The summed E-state index contributed by atoms with van der Waals surface area (Å²) in [5.41, 5.74) is 0.258. The quantitative estimate of drug-likeness (QED) is 0.161.